The minimum atomic E-state index is -0.662. The minimum Gasteiger partial charge on any atom is -0.0654 e. The average Bonchev–Trinajstić information content (AvgIpc) is 2.72. The van der Waals surface area contributed by atoms with E-state index in [1.807, 2.05) is 0 Å². The molecule has 0 heterocycles. The molecule has 0 fully saturated rings. The Hall–Kier alpha value is 0.430. The van der Waals surface area contributed by atoms with Crippen molar-refractivity contribution in [1.82, 2.24) is 0 Å². The first-order chi connectivity index (χ1) is 14.2. The summed E-state index contributed by atoms with van der Waals surface area (Å²) in [6.45, 7) is 9.43. The molecule has 0 unspecified atom stereocenters. The molecule has 0 aromatic heterocycles. The molecule has 0 bridgehead atoms. The highest BCUT2D eigenvalue weighted by Gasteiger charge is 2.34. The molecule has 0 rings (SSSR count). The smallest absolute Gasteiger partial charge is 0.0594 e. The van der Waals surface area contributed by atoms with Crippen LogP contribution in [0.5, 0.6) is 0 Å². The summed E-state index contributed by atoms with van der Waals surface area (Å²) in [6, 6.07) is 0. The van der Waals surface area contributed by atoms with Crippen molar-refractivity contribution in [3.63, 3.8) is 0 Å². The molecule has 0 atom stereocenters. The average molecular weight is 428 g/mol. The van der Waals surface area contributed by atoms with E-state index in [-0.39, 0.29) is 0 Å². The fourth-order valence-electron chi connectivity index (χ4n) is 4.87. The van der Waals surface area contributed by atoms with Crippen LogP contribution in [0.15, 0.2) is 0 Å². The van der Waals surface area contributed by atoms with Crippen molar-refractivity contribution >= 4 is 7.26 Å². The van der Waals surface area contributed by atoms with E-state index in [0.29, 0.717) is 0 Å². The van der Waals surface area contributed by atoms with Crippen LogP contribution in [0.4, 0.5) is 0 Å². The normalized spacial score (nSPS) is 12.0. The van der Waals surface area contributed by atoms with Crippen molar-refractivity contribution in [2.24, 2.45) is 0 Å². The zero-order valence-corrected chi connectivity index (χ0v) is 22.3. The molecule has 0 aliphatic carbocycles. The molecule has 0 aliphatic heterocycles. The molecule has 0 radical (unpaired) electrons. The summed E-state index contributed by atoms with van der Waals surface area (Å²) >= 11 is 0. The van der Waals surface area contributed by atoms with Gasteiger partial charge in [0.2, 0.25) is 0 Å². The van der Waals surface area contributed by atoms with E-state index in [1.54, 1.807) is 31.1 Å². The Bertz CT molecular complexity index is 272. The van der Waals surface area contributed by atoms with Gasteiger partial charge in [0.25, 0.3) is 0 Å². The van der Waals surface area contributed by atoms with E-state index >= 15 is 0 Å². The van der Waals surface area contributed by atoms with Crippen molar-refractivity contribution in [2.75, 3.05) is 24.6 Å². The predicted octanol–water partition coefficient (Wildman–Crippen LogP) is 10.9. The van der Waals surface area contributed by atoms with Gasteiger partial charge in [0.15, 0.2) is 0 Å². The predicted molar refractivity (Wildman–Crippen MR) is 141 cm³/mol. The van der Waals surface area contributed by atoms with Crippen LogP contribution in [-0.2, 0) is 0 Å². The maximum absolute atomic E-state index is 2.37. The quantitative estimate of drug-likeness (QED) is 0.106. The van der Waals surface area contributed by atoms with E-state index in [1.165, 1.54) is 122 Å². The van der Waals surface area contributed by atoms with Gasteiger partial charge in [0, 0.05) is 7.26 Å². The number of hydrogen-bond donors (Lipinski definition) is 0. The molecule has 0 aromatic carbocycles. The summed E-state index contributed by atoms with van der Waals surface area (Å²) in [5, 5.41) is 0. The summed E-state index contributed by atoms with van der Waals surface area (Å²) in [7, 11) is -0.662. The van der Waals surface area contributed by atoms with Crippen molar-refractivity contribution < 1.29 is 0 Å². The molecule has 0 spiro atoms. The zero-order valence-electron chi connectivity index (χ0n) is 21.4. The van der Waals surface area contributed by atoms with E-state index in [4.69, 9.17) is 0 Å². The van der Waals surface area contributed by atoms with Crippen LogP contribution < -0.4 is 0 Å². The van der Waals surface area contributed by atoms with Crippen LogP contribution in [0.3, 0.4) is 0 Å². The summed E-state index contributed by atoms with van der Waals surface area (Å²) in [4.78, 5) is 0. The fourth-order valence-corrected chi connectivity index (χ4v) is 9.79. The van der Waals surface area contributed by atoms with E-state index in [9.17, 15) is 0 Å². The molecule has 0 N–H and O–H groups in total. The van der Waals surface area contributed by atoms with E-state index in [2.05, 4.69) is 27.7 Å². The maximum atomic E-state index is 2.37. The van der Waals surface area contributed by atoms with Gasteiger partial charge in [-0.25, -0.2) is 0 Å². The minimum absolute atomic E-state index is 0.662. The van der Waals surface area contributed by atoms with Crippen LogP contribution in [0.1, 0.15) is 156 Å². The summed E-state index contributed by atoms with van der Waals surface area (Å²) < 4.78 is 0. The number of rotatable bonds is 24. The Balaban J connectivity index is 4.20. The van der Waals surface area contributed by atoms with Gasteiger partial charge >= 0.3 is 0 Å². The first-order valence-electron chi connectivity index (χ1n) is 14.1. The lowest BCUT2D eigenvalue weighted by Crippen LogP contribution is -2.13. The Morgan fingerprint density at radius 1 is 0.276 bits per heavy atom. The molecule has 29 heavy (non-hydrogen) atoms. The lowest BCUT2D eigenvalue weighted by molar-refractivity contribution is 0.554. The molecule has 0 aromatic rings. The zero-order chi connectivity index (χ0) is 21.5. The second kappa shape index (κ2) is 23.1. The highest BCUT2D eigenvalue weighted by atomic mass is 31.2. The SMILES string of the molecule is CCCCCCCCCCCCC[P+](CCCCC)(CCCCC)CCCCC. The molecule has 0 aliphatic rings. The summed E-state index contributed by atoms with van der Waals surface area (Å²) in [5.41, 5.74) is 0. The first-order valence-corrected chi connectivity index (χ1v) is 16.6. The van der Waals surface area contributed by atoms with Gasteiger partial charge in [-0.2, -0.15) is 0 Å². The lowest BCUT2D eigenvalue weighted by Gasteiger charge is -2.28. The third-order valence-electron chi connectivity index (χ3n) is 6.94. The van der Waals surface area contributed by atoms with Gasteiger partial charge in [-0.05, 0) is 32.1 Å². The molecular weight excluding hydrogens is 367 g/mol. The number of hydrogen-bond acceptors (Lipinski definition) is 0. The van der Waals surface area contributed by atoms with Crippen molar-refractivity contribution in [1.29, 1.82) is 0 Å². The van der Waals surface area contributed by atoms with Crippen LogP contribution in [0.2, 0.25) is 0 Å². The van der Waals surface area contributed by atoms with Gasteiger partial charge in [0.1, 0.15) is 0 Å². The van der Waals surface area contributed by atoms with Gasteiger partial charge in [-0.15, -0.1) is 0 Å². The Labute approximate surface area is 188 Å². The Kier molecular flexibility index (Phi) is 23.4. The molecular formula is C28H60P+. The topological polar surface area (TPSA) is 0 Å². The molecule has 1 heteroatoms. The van der Waals surface area contributed by atoms with Gasteiger partial charge < -0.3 is 0 Å². The third kappa shape index (κ3) is 18.9. The monoisotopic (exact) mass is 427 g/mol. The van der Waals surface area contributed by atoms with E-state index in [0.717, 1.165) is 0 Å². The van der Waals surface area contributed by atoms with Crippen molar-refractivity contribution in [3.8, 4) is 0 Å². The maximum Gasteiger partial charge on any atom is 0.0594 e. The molecule has 0 saturated carbocycles. The van der Waals surface area contributed by atoms with Crippen molar-refractivity contribution in [3.05, 3.63) is 0 Å². The van der Waals surface area contributed by atoms with Crippen LogP contribution in [0, 0.1) is 0 Å². The Morgan fingerprint density at radius 3 is 0.793 bits per heavy atom. The van der Waals surface area contributed by atoms with Gasteiger partial charge in [-0.1, -0.05) is 124 Å². The molecule has 0 nitrogen and oxygen atoms in total. The standard InChI is InChI=1S/C28H60P/c1-5-9-13-14-15-16-17-18-19-20-24-28-29(25-21-10-6-2,26-22-11-7-3)27-23-12-8-4/h5-28H2,1-4H3/q+1. The largest absolute Gasteiger partial charge is 0.0654 e. The second-order valence-corrected chi connectivity index (χ2v) is 14.4. The van der Waals surface area contributed by atoms with Gasteiger partial charge in [0.05, 0.1) is 24.6 Å². The van der Waals surface area contributed by atoms with Crippen molar-refractivity contribution in [2.45, 2.75) is 156 Å². The van der Waals surface area contributed by atoms with Crippen LogP contribution in [-0.4, -0.2) is 24.6 Å². The summed E-state index contributed by atoms with van der Waals surface area (Å²) in [6.07, 6.45) is 36.0. The second-order valence-electron chi connectivity index (χ2n) is 9.89. The number of unbranched alkanes of at least 4 members (excludes halogenated alkanes) is 16. The highest BCUT2D eigenvalue weighted by Crippen LogP contribution is 2.61. The van der Waals surface area contributed by atoms with Crippen LogP contribution in [0.25, 0.3) is 0 Å². The fraction of sp³-hybridized carbons (Fsp3) is 1.00. The molecule has 176 valence electrons. The third-order valence-corrected chi connectivity index (χ3v) is 12.0. The molecule has 0 amide bonds. The lowest BCUT2D eigenvalue weighted by atomic mass is 10.1. The van der Waals surface area contributed by atoms with E-state index < -0.39 is 7.26 Å². The Morgan fingerprint density at radius 2 is 0.483 bits per heavy atom. The summed E-state index contributed by atoms with van der Waals surface area (Å²) in [5.74, 6) is 0. The van der Waals surface area contributed by atoms with Gasteiger partial charge in [-0.3, -0.25) is 0 Å². The molecule has 0 saturated heterocycles. The van der Waals surface area contributed by atoms with Crippen LogP contribution >= 0.6 is 7.26 Å². The highest BCUT2D eigenvalue weighted by molar-refractivity contribution is 7.75. The first kappa shape index (κ1) is 29.4.